The molecule has 1 aliphatic heterocycles. The fourth-order valence-corrected chi connectivity index (χ4v) is 2.46. The molecule has 1 fully saturated rings. The number of nitro groups is 1. The topological polar surface area (TPSA) is 91.0 Å². The normalized spacial score (nSPS) is 16.7. The van der Waals surface area contributed by atoms with Gasteiger partial charge in [0.05, 0.1) is 17.6 Å². The van der Waals surface area contributed by atoms with E-state index in [0.29, 0.717) is 6.54 Å². The van der Waals surface area contributed by atoms with Crippen LogP contribution in [0.15, 0.2) is 29.3 Å². The molecule has 0 aliphatic carbocycles. The van der Waals surface area contributed by atoms with E-state index in [4.69, 9.17) is 0 Å². The first kappa shape index (κ1) is 17.2. The van der Waals surface area contributed by atoms with Crippen LogP contribution in [0, 0.1) is 10.1 Å². The van der Waals surface area contributed by atoms with Crippen molar-refractivity contribution in [2.24, 2.45) is 4.99 Å². The van der Waals surface area contributed by atoms with Crippen LogP contribution in [0.25, 0.3) is 0 Å². The summed E-state index contributed by atoms with van der Waals surface area (Å²) in [6, 6.07) is 6.72. The molecule has 1 aromatic carbocycles. The van der Waals surface area contributed by atoms with E-state index in [9.17, 15) is 15.2 Å². The van der Waals surface area contributed by atoms with Crippen LogP contribution in [-0.4, -0.2) is 46.1 Å². The first-order valence-electron chi connectivity index (χ1n) is 7.93. The van der Waals surface area contributed by atoms with E-state index in [-0.39, 0.29) is 17.8 Å². The van der Waals surface area contributed by atoms with Crippen LogP contribution in [0.1, 0.15) is 32.3 Å². The van der Waals surface area contributed by atoms with E-state index in [1.54, 1.807) is 12.1 Å². The molecule has 1 saturated heterocycles. The van der Waals surface area contributed by atoms with Gasteiger partial charge in [-0.25, -0.2) is 4.99 Å². The number of rotatable bonds is 4. The van der Waals surface area contributed by atoms with Crippen LogP contribution in [-0.2, 0) is 6.54 Å². The molecule has 0 saturated carbocycles. The minimum absolute atomic E-state index is 0.0864. The van der Waals surface area contributed by atoms with Crippen molar-refractivity contribution >= 4 is 11.6 Å². The number of non-ortho nitro benzene ring substituents is 1. The molecule has 1 aromatic rings. The predicted molar refractivity (Wildman–Crippen MR) is 89.3 cm³/mol. The van der Waals surface area contributed by atoms with Gasteiger partial charge in [-0.2, -0.15) is 0 Å². The maximum absolute atomic E-state index is 10.7. The lowest BCUT2D eigenvalue weighted by Gasteiger charge is -2.33. The average molecular weight is 320 g/mol. The summed E-state index contributed by atoms with van der Waals surface area (Å²) in [4.78, 5) is 17.1. The zero-order valence-corrected chi connectivity index (χ0v) is 13.6. The highest BCUT2D eigenvalue weighted by Crippen LogP contribution is 2.14. The molecule has 0 bridgehead atoms. The number of nitro benzene ring substituents is 1. The number of benzene rings is 1. The van der Waals surface area contributed by atoms with Gasteiger partial charge in [0, 0.05) is 31.3 Å². The number of aliphatic imine (C=N–C) groups is 1. The van der Waals surface area contributed by atoms with Crippen molar-refractivity contribution in [3.8, 4) is 0 Å². The zero-order valence-electron chi connectivity index (χ0n) is 13.6. The van der Waals surface area contributed by atoms with E-state index in [0.717, 1.165) is 37.5 Å². The summed E-state index contributed by atoms with van der Waals surface area (Å²) in [5.41, 5.74) is 1.01. The molecule has 2 N–H and O–H groups in total. The van der Waals surface area contributed by atoms with Gasteiger partial charge in [-0.3, -0.25) is 10.1 Å². The summed E-state index contributed by atoms with van der Waals surface area (Å²) < 4.78 is 0. The monoisotopic (exact) mass is 320 g/mol. The molecule has 0 amide bonds. The number of aliphatic hydroxyl groups excluding tert-OH is 1. The third-order valence-corrected chi connectivity index (χ3v) is 3.74. The van der Waals surface area contributed by atoms with Crippen LogP contribution >= 0.6 is 0 Å². The second-order valence-electron chi connectivity index (χ2n) is 6.08. The minimum Gasteiger partial charge on any atom is -0.393 e. The van der Waals surface area contributed by atoms with Gasteiger partial charge in [0.2, 0.25) is 0 Å². The summed E-state index contributed by atoms with van der Waals surface area (Å²) in [5, 5.41) is 23.7. The molecule has 1 heterocycles. The molecule has 2 rings (SSSR count). The van der Waals surface area contributed by atoms with Crippen LogP contribution in [0.2, 0.25) is 0 Å². The summed E-state index contributed by atoms with van der Waals surface area (Å²) in [6.45, 7) is 6.13. The number of piperidine rings is 1. The fraction of sp³-hybridized carbons (Fsp3) is 0.562. The van der Waals surface area contributed by atoms with E-state index in [1.807, 2.05) is 0 Å². The van der Waals surface area contributed by atoms with Gasteiger partial charge in [-0.15, -0.1) is 0 Å². The van der Waals surface area contributed by atoms with E-state index < -0.39 is 4.92 Å². The number of nitrogens with zero attached hydrogens (tertiary/aromatic N) is 3. The molecule has 23 heavy (non-hydrogen) atoms. The Bertz CT molecular complexity index is 549. The Labute approximate surface area is 136 Å². The maximum Gasteiger partial charge on any atom is 0.269 e. The van der Waals surface area contributed by atoms with Gasteiger partial charge in [0.15, 0.2) is 5.96 Å². The zero-order chi connectivity index (χ0) is 16.8. The number of aliphatic hydroxyl groups is 1. The largest absolute Gasteiger partial charge is 0.393 e. The lowest BCUT2D eigenvalue weighted by molar-refractivity contribution is -0.384. The Morgan fingerprint density at radius 2 is 2.00 bits per heavy atom. The van der Waals surface area contributed by atoms with Gasteiger partial charge in [-0.05, 0) is 32.3 Å². The van der Waals surface area contributed by atoms with Crippen LogP contribution in [0.4, 0.5) is 5.69 Å². The predicted octanol–water partition coefficient (Wildman–Crippen LogP) is 1.91. The third-order valence-electron chi connectivity index (χ3n) is 3.74. The minimum atomic E-state index is -0.405. The molecular formula is C16H24N4O3. The summed E-state index contributed by atoms with van der Waals surface area (Å²) >= 11 is 0. The number of hydrogen-bond acceptors (Lipinski definition) is 4. The first-order chi connectivity index (χ1) is 11.0. The third kappa shape index (κ3) is 5.21. The summed E-state index contributed by atoms with van der Waals surface area (Å²) in [5.74, 6) is 0.824. The number of likely N-dealkylation sites (tertiary alicyclic amines) is 1. The van der Waals surface area contributed by atoms with Crippen LogP contribution < -0.4 is 5.32 Å². The van der Waals surface area contributed by atoms with Gasteiger partial charge >= 0.3 is 0 Å². The number of guanidine groups is 1. The molecule has 0 unspecified atom stereocenters. The van der Waals surface area contributed by atoms with Crippen molar-refractivity contribution in [3.63, 3.8) is 0 Å². The Kier molecular flexibility index (Phi) is 5.92. The molecule has 7 heteroatoms. The fourth-order valence-electron chi connectivity index (χ4n) is 2.46. The van der Waals surface area contributed by atoms with E-state index in [1.165, 1.54) is 12.1 Å². The standard InChI is InChI=1S/C16H24N4O3/c1-12(2)18-16(19-9-7-15(21)8-10-19)17-11-13-3-5-14(6-4-13)20(22)23/h3-6,12,15,21H,7-11H2,1-2H3,(H,17,18). The van der Waals surface area contributed by atoms with Gasteiger partial charge < -0.3 is 15.3 Å². The number of nitrogens with one attached hydrogen (secondary N) is 1. The van der Waals surface area contributed by atoms with E-state index in [2.05, 4.69) is 29.1 Å². The molecular weight excluding hydrogens is 296 g/mol. The summed E-state index contributed by atoms with van der Waals surface area (Å²) in [6.07, 6.45) is 1.27. The summed E-state index contributed by atoms with van der Waals surface area (Å²) in [7, 11) is 0. The Morgan fingerprint density at radius 1 is 1.39 bits per heavy atom. The van der Waals surface area contributed by atoms with Crippen molar-refractivity contribution in [1.82, 2.24) is 10.2 Å². The van der Waals surface area contributed by atoms with Crippen molar-refractivity contribution in [3.05, 3.63) is 39.9 Å². The second kappa shape index (κ2) is 7.92. The second-order valence-corrected chi connectivity index (χ2v) is 6.08. The average Bonchev–Trinajstić information content (AvgIpc) is 2.52. The van der Waals surface area contributed by atoms with Gasteiger partial charge in [-0.1, -0.05) is 12.1 Å². The highest BCUT2D eigenvalue weighted by atomic mass is 16.6. The van der Waals surface area contributed by atoms with Crippen molar-refractivity contribution in [2.75, 3.05) is 13.1 Å². The Hall–Kier alpha value is -2.15. The smallest absolute Gasteiger partial charge is 0.269 e. The SMILES string of the molecule is CC(C)NC(=NCc1ccc([N+](=O)[O-])cc1)N1CCC(O)CC1. The van der Waals surface area contributed by atoms with Gasteiger partial charge in [0.1, 0.15) is 0 Å². The van der Waals surface area contributed by atoms with Crippen LogP contribution in [0.3, 0.4) is 0 Å². The molecule has 126 valence electrons. The lowest BCUT2D eigenvalue weighted by Crippen LogP contribution is -2.48. The molecule has 0 radical (unpaired) electrons. The maximum atomic E-state index is 10.7. The van der Waals surface area contributed by atoms with Crippen molar-refractivity contribution < 1.29 is 10.0 Å². The van der Waals surface area contributed by atoms with Crippen molar-refractivity contribution in [1.29, 1.82) is 0 Å². The Balaban J connectivity index is 2.05. The highest BCUT2D eigenvalue weighted by molar-refractivity contribution is 5.80. The van der Waals surface area contributed by atoms with Crippen molar-refractivity contribution in [2.45, 2.75) is 45.4 Å². The lowest BCUT2D eigenvalue weighted by atomic mass is 10.1. The molecule has 0 aromatic heterocycles. The van der Waals surface area contributed by atoms with Gasteiger partial charge in [0.25, 0.3) is 5.69 Å². The highest BCUT2D eigenvalue weighted by Gasteiger charge is 2.20. The Morgan fingerprint density at radius 3 is 2.52 bits per heavy atom. The molecule has 1 aliphatic rings. The molecule has 7 nitrogen and oxygen atoms in total. The van der Waals surface area contributed by atoms with Crippen LogP contribution in [0.5, 0.6) is 0 Å². The molecule has 0 atom stereocenters. The number of hydrogen-bond donors (Lipinski definition) is 2. The molecule has 0 spiro atoms. The van der Waals surface area contributed by atoms with E-state index >= 15 is 0 Å². The first-order valence-corrected chi connectivity index (χ1v) is 7.93. The quantitative estimate of drug-likeness (QED) is 0.383.